The van der Waals surface area contributed by atoms with Crippen molar-refractivity contribution in [3.8, 4) is 5.92 Å². The summed E-state index contributed by atoms with van der Waals surface area (Å²) in [6.45, 7) is 2.02. The molecule has 0 spiro atoms. The fourth-order valence-corrected chi connectivity index (χ4v) is 9.60. The first-order valence-electron chi connectivity index (χ1n) is 15.6. The van der Waals surface area contributed by atoms with E-state index in [1.54, 1.807) is 0 Å². The van der Waals surface area contributed by atoms with Gasteiger partial charge < -0.3 is 13.9 Å². The van der Waals surface area contributed by atoms with Crippen molar-refractivity contribution >= 4 is 47.7 Å². The summed E-state index contributed by atoms with van der Waals surface area (Å²) in [6.07, 6.45) is 6.76. The van der Waals surface area contributed by atoms with E-state index in [2.05, 4.69) is 188 Å². The molecule has 0 saturated heterocycles. The van der Waals surface area contributed by atoms with Gasteiger partial charge in [-0.15, -0.1) is 17.7 Å². The van der Waals surface area contributed by atoms with Crippen LogP contribution in [0.3, 0.4) is 0 Å². The zero-order valence-electron chi connectivity index (χ0n) is 27.8. The van der Waals surface area contributed by atoms with Gasteiger partial charge in [0.25, 0.3) is 0 Å². The zero-order valence-corrected chi connectivity index (χ0v) is 31.9. The second kappa shape index (κ2) is 21.6. The summed E-state index contributed by atoms with van der Waals surface area (Å²) >= 11 is 0. The summed E-state index contributed by atoms with van der Waals surface area (Å²) in [5.74, 6) is 2.30. The normalized spacial score (nSPS) is 9.76. The van der Waals surface area contributed by atoms with Crippen LogP contribution in [0.25, 0.3) is 0 Å². The predicted molar refractivity (Wildman–Crippen MR) is 214 cm³/mol. The second-order valence-electron chi connectivity index (χ2n) is 10.7. The summed E-state index contributed by atoms with van der Waals surface area (Å²) in [5, 5.41) is 8.39. The molecular weight excluding hydrogens is 810 g/mol. The maximum absolute atomic E-state index is 6.76. The number of aryl methyl sites for hydroxylation is 1. The van der Waals surface area contributed by atoms with Gasteiger partial charge in [-0.3, -0.25) is 5.92 Å². The van der Waals surface area contributed by atoms with Crippen LogP contribution in [0.4, 0.5) is 0 Å². The molecule has 0 fully saturated rings. The molecule has 0 aliphatic carbocycles. The first-order valence-corrected chi connectivity index (χ1v) is 18.3. The predicted octanol–water partition coefficient (Wildman–Crippen LogP) is 9.27. The fraction of sp³-hybridized carbons (Fsp3) is 0.0217. The van der Waals surface area contributed by atoms with Gasteiger partial charge in [-0.05, 0) is 54.6 Å². The molecule has 0 aliphatic heterocycles. The van der Waals surface area contributed by atoms with E-state index in [0.29, 0.717) is 0 Å². The number of benzene rings is 7. The average Bonchev–Trinajstić information content (AvgIpc) is 3.15. The number of rotatable bonds is 6. The third kappa shape index (κ3) is 11.9. The van der Waals surface area contributed by atoms with Crippen LogP contribution in [-0.4, -0.2) is 0 Å². The van der Waals surface area contributed by atoms with E-state index < -0.39 is 15.8 Å². The molecular formula is C46H40P2Pt. The molecule has 0 unspecified atom stereocenters. The molecule has 0 N–H and O–H groups in total. The quantitative estimate of drug-likeness (QED) is 0.0890. The van der Waals surface area contributed by atoms with Crippen molar-refractivity contribution in [2.75, 3.05) is 0 Å². The molecule has 0 bridgehead atoms. The molecule has 0 radical (unpaired) electrons. The van der Waals surface area contributed by atoms with Crippen LogP contribution in [0, 0.1) is 26.7 Å². The van der Waals surface area contributed by atoms with E-state index in [4.69, 9.17) is 6.42 Å². The molecule has 7 aromatic rings. The molecule has 0 aliphatic rings. The van der Waals surface area contributed by atoms with E-state index in [9.17, 15) is 0 Å². The molecule has 0 amide bonds. The fourth-order valence-electron chi connectivity index (χ4n) is 4.99. The minimum atomic E-state index is -0.446. The molecule has 49 heavy (non-hydrogen) atoms. The maximum atomic E-state index is 6.76. The summed E-state index contributed by atoms with van der Waals surface area (Å²) in [4.78, 5) is 0. The smallest absolute Gasteiger partial charge is 0.366 e. The summed E-state index contributed by atoms with van der Waals surface area (Å²) < 4.78 is 0. The average molecular weight is 850 g/mol. The van der Waals surface area contributed by atoms with E-state index in [0.717, 1.165) is 5.56 Å². The zero-order chi connectivity index (χ0) is 32.5. The largest absolute Gasteiger partial charge is 2.00 e. The van der Waals surface area contributed by atoms with Gasteiger partial charge in [0.1, 0.15) is 0 Å². The van der Waals surface area contributed by atoms with Gasteiger partial charge in [0.2, 0.25) is 0 Å². The summed E-state index contributed by atoms with van der Waals surface area (Å²) in [5.41, 5.74) is 2.05. The molecule has 3 heteroatoms. The second-order valence-corrected chi connectivity index (χ2v) is 15.1. The van der Waals surface area contributed by atoms with Crippen molar-refractivity contribution in [1.29, 1.82) is 0 Å². The van der Waals surface area contributed by atoms with Crippen molar-refractivity contribution < 1.29 is 21.1 Å². The summed E-state index contributed by atoms with van der Waals surface area (Å²) in [6, 6.07) is 72.3. The van der Waals surface area contributed by atoms with E-state index >= 15 is 0 Å². The third-order valence-electron chi connectivity index (χ3n) is 7.28. The SMILES string of the molecule is [C-]#Cc1ccc(C)cc1.[CH3-].[Pt+2].c1ccc(P(c2ccccc2)c2ccccc2)cc1.c1ccc(P(c2ccccc2)c2ccccc2)cc1. The Labute approximate surface area is 311 Å². The van der Waals surface area contributed by atoms with Crippen LogP contribution in [-0.2, 0) is 21.1 Å². The number of hydrogen-bond donors (Lipinski definition) is 0. The van der Waals surface area contributed by atoms with Crippen LogP contribution in [0.15, 0.2) is 206 Å². The van der Waals surface area contributed by atoms with Crippen LogP contribution < -0.4 is 31.8 Å². The Morgan fingerprint density at radius 3 is 0.735 bits per heavy atom. The van der Waals surface area contributed by atoms with E-state index in [1.165, 1.54) is 37.4 Å². The van der Waals surface area contributed by atoms with Gasteiger partial charge in [-0.25, -0.2) is 0 Å². The van der Waals surface area contributed by atoms with Gasteiger partial charge in [-0.2, -0.15) is 0 Å². The van der Waals surface area contributed by atoms with Gasteiger partial charge in [0.05, 0.1) is 0 Å². The monoisotopic (exact) mass is 849 g/mol. The number of hydrogen-bond acceptors (Lipinski definition) is 0. The standard InChI is InChI=1S/2C18H15P.C9H7.CH3.Pt/c2*1-4-10-16(11-5-1)19(17-12-6-2-7-13-17)18-14-8-3-9-15-18;1-3-9-6-4-8(2)5-7-9;;/h2*1-15H;4-7H,2H3;1H3;/q;;2*-1;+2. The third-order valence-corrected chi connectivity index (χ3v) is 12.2. The molecule has 0 atom stereocenters. The van der Waals surface area contributed by atoms with Gasteiger partial charge in [0, 0.05) is 0 Å². The molecule has 0 aromatic heterocycles. The minimum Gasteiger partial charge on any atom is -0.366 e. The molecule has 244 valence electrons. The van der Waals surface area contributed by atoms with E-state index in [-0.39, 0.29) is 28.5 Å². The van der Waals surface area contributed by atoms with Crippen LogP contribution in [0.5, 0.6) is 0 Å². The Kier molecular flexibility index (Phi) is 17.2. The van der Waals surface area contributed by atoms with Crippen LogP contribution in [0.2, 0.25) is 0 Å². The Morgan fingerprint density at radius 2 is 0.551 bits per heavy atom. The molecule has 7 rings (SSSR count). The van der Waals surface area contributed by atoms with Crippen molar-refractivity contribution in [1.82, 2.24) is 0 Å². The Morgan fingerprint density at radius 1 is 0.347 bits per heavy atom. The van der Waals surface area contributed by atoms with Crippen molar-refractivity contribution in [2.24, 2.45) is 0 Å². The first kappa shape index (κ1) is 39.1. The first-order chi connectivity index (χ1) is 23.2. The van der Waals surface area contributed by atoms with Crippen molar-refractivity contribution in [2.45, 2.75) is 6.92 Å². The van der Waals surface area contributed by atoms with Gasteiger partial charge >= 0.3 is 21.1 Å². The topological polar surface area (TPSA) is 0 Å². The molecule has 0 nitrogen and oxygen atoms in total. The molecule has 0 saturated carbocycles. The Bertz CT molecular complexity index is 1600. The Hall–Kier alpha value is -4.35. The molecule has 7 aromatic carbocycles. The van der Waals surface area contributed by atoms with Crippen LogP contribution >= 0.6 is 15.8 Å². The Balaban J connectivity index is 0.000000207. The van der Waals surface area contributed by atoms with E-state index in [1.807, 2.05) is 31.2 Å². The van der Waals surface area contributed by atoms with Gasteiger partial charge in [0.15, 0.2) is 0 Å². The minimum absolute atomic E-state index is 0. The molecule has 0 heterocycles. The van der Waals surface area contributed by atoms with Crippen molar-refractivity contribution in [3.63, 3.8) is 0 Å². The van der Waals surface area contributed by atoms with Gasteiger partial charge in [-0.1, -0.05) is 200 Å². The maximum Gasteiger partial charge on any atom is 2.00 e. The van der Waals surface area contributed by atoms with Crippen LogP contribution in [0.1, 0.15) is 11.1 Å². The van der Waals surface area contributed by atoms with Crippen molar-refractivity contribution in [3.05, 3.63) is 231 Å². The summed E-state index contributed by atoms with van der Waals surface area (Å²) in [7, 11) is -0.892.